The smallest absolute Gasteiger partial charge is 0.416 e. The van der Waals surface area contributed by atoms with Crippen molar-refractivity contribution >= 4 is 23.2 Å². The number of nitrogens with zero attached hydrogens (tertiary/aromatic N) is 1. The average molecular weight is 279 g/mol. The van der Waals surface area contributed by atoms with Crippen LogP contribution in [0, 0.1) is 11.3 Å². The molecule has 0 aromatic heterocycles. The Morgan fingerprint density at radius 3 is 2.56 bits per heavy atom. The van der Waals surface area contributed by atoms with Gasteiger partial charge in [0.1, 0.15) is 17.9 Å². The summed E-state index contributed by atoms with van der Waals surface area (Å²) in [5.74, 6) is -1.60. The van der Waals surface area contributed by atoms with Gasteiger partial charge in [-0.3, -0.25) is 4.79 Å². The number of benzene rings is 1. The second-order valence-corrected chi connectivity index (χ2v) is 3.64. The molecular formula is C10H6ClF3N2O2. The van der Waals surface area contributed by atoms with E-state index in [1.807, 2.05) is 5.32 Å². The molecule has 0 aliphatic heterocycles. The minimum absolute atomic E-state index is 0.357. The molecule has 1 amide bonds. The Morgan fingerprint density at radius 1 is 1.50 bits per heavy atom. The van der Waals surface area contributed by atoms with Gasteiger partial charge in [-0.05, 0) is 12.1 Å². The third-order valence-electron chi connectivity index (χ3n) is 1.90. The molecule has 96 valence electrons. The van der Waals surface area contributed by atoms with E-state index in [1.54, 1.807) is 6.07 Å². The number of aromatic hydroxyl groups is 1. The van der Waals surface area contributed by atoms with Crippen LogP contribution >= 0.6 is 11.6 Å². The van der Waals surface area contributed by atoms with Crippen molar-refractivity contribution in [3.63, 3.8) is 0 Å². The summed E-state index contributed by atoms with van der Waals surface area (Å²) in [6.45, 7) is 0. The van der Waals surface area contributed by atoms with Gasteiger partial charge in [0.2, 0.25) is 5.91 Å². The first kappa shape index (κ1) is 14.1. The Labute approximate surface area is 105 Å². The fourth-order valence-corrected chi connectivity index (χ4v) is 1.40. The molecule has 0 unspecified atom stereocenters. The van der Waals surface area contributed by atoms with Gasteiger partial charge in [0, 0.05) is 0 Å². The molecule has 1 aromatic rings. The van der Waals surface area contributed by atoms with E-state index in [0.29, 0.717) is 12.1 Å². The Balaban J connectivity index is 3.10. The van der Waals surface area contributed by atoms with E-state index >= 15 is 0 Å². The van der Waals surface area contributed by atoms with E-state index in [-0.39, 0.29) is 5.69 Å². The van der Waals surface area contributed by atoms with Gasteiger partial charge in [0.15, 0.2) is 0 Å². The maximum absolute atomic E-state index is 12.4. The molecule has 1 rings (SSSR count). The van der Waals surface area contributed by atoms with Crippen molar-refractivity contribution < 1.29 is 23.1 Å². The van der Waals surface area contributed by atoms with Crippen molar-refractivity contribution in [3.8, 4) is 11.8 Å². The highest BCUT2D eigenvalue weighted by molar-refractivity contribution is 6.34. The number of rotatable bonds is 2. The van der Waals surface area contributed by atoms with Crippen molar-refractivity contribution in [1.82, 2.24) is 0 Å². The molecule has 0 fully saturated rings. The van der Waals surface area contributed by atoms with Gasteiger partial charge in [-0.25, -0.2) is 0 Å². The average Bonchev–Trinajstić information content (AvgIpc) is 2.22. The number of nitrogens with one attached hydrogen (secondary N) is 1. The van der Waals surface area contributed by atoms with E-state index in [2.05, 4.69) is 0 Å². The number of anilines is 1. The zero-order chi connectivity index (χ0) is 13.9. The van der Waals surface area contributed by atoms with Gasteiger partial charge in [0.25, 0.3) is 0 Å². The molecule has 0 saturated carbocycles. The summed E-state index contributed by atoms with van der Waals surface area (Å²) in [6, 6.07) is 2.56. The summed E-state index contributed by atoms with van der Waals surface area (Å²) >= 11 is 5.53. The van der Waals surface area contributed by atoms with Crippen molar-refractivity contribution in [2.24, 2.45) is 0 Å². The summed E-state index contributed by atoms with van der Waals surface area (Å²) in [5.41, 5.74) is -1.49. The minimum Gasteiger partial charge on any atom is -0.506 e. The zero-order valence-electron chi connectivity index (χ0n) is 8.68. The normalized spacial score (nSPS) is 10.8. The first-order valence-corrected chi connectivity index (χ1v) is 4.90. The van der Waals surface area contributed by atoms with Gasteiger partial charge < -0.3 is 10.4 Å². The second kappa shape index (κ2) is 5.14. The number of phenols is 1. The quantitative estimate of drug-likeness (QED) is 0.817. The minimum atomic E-state index is -4.66. The highest BCUT2D eigenvalue weighted by Gasteiger charge is 2.32. The number of carbonyl (C=O) groups is 1. The van der Waals surface area contributed by atoms with Crippen LogP contribution in [0.4, 0.5) is 18.9 Å². The second-order valence-electron chi connectivity index (χ2n) is 3.23. The van der Waals surface area contributed by atoms with E-state index in [4.69, 9.17) is 16.9 Å². The lowest BCUT2D eigenvalue weighted by atomic mass is 10.1. The Bertz CT molecular complexity index is 500. The summed E-state index contributed by atoms with van der Waals surface area (Å²) in [6.07, 6.45) is -5.16. The Hall–Kier alpha value is -1.94. The summed E-state index contributed by atoms with van der Waals surface area (Å²) in [7, 11) is 0. The molecule has 2 N–H and O–H groups in total. The number of nitriles is 1. The van der Waals surface area contributed by atoms with Crippen LogP contribution in [0.2, 0.25) is 5.02 Å². The molecule has 4 nitrogen and oxygen atoms in total. The zero-order valence-corrected chi connectivity index (χ0v) is 9.43. The molecular weight excluding hydrogens is 273 g/mol. The predicted octanol–water partition coefficient (Wildman–Crippen LogP) is 2.92. The highest BCUT2D eigenvalue weighted by Crippen LogP contribution is 2.39. The SMILES string of the molecule is N#CCC(=O)Nc1c(O)cc(C(F)(F)F)cc1Cl. The van der Waals surface area contributed by atoms with Crippen LogP contribution in [-0.4, -0.2) is 11.0 Å². The van der Waals surface area contributed by atoms with Crippen molar-refractivity contribution in [1.29, 1.82) is 5.26 Å². The van der Waals surface area contributed by atoms with Gasteiger partial charge in [0.05, 0.1) is 16.7 Å². The number of halogens is 4. The monoisotopic (exact) mass is 278 g/mol. The molecule has 18 heavy (non-hydrogen) atoms. The molecule has 0 aliphatic carbocycles. The number of amides is 1. The standard InChI is InChI=1S/C10H6ClF3N2O2/c11-6-3-5(10(12,13)14)4-7(17)9(6)16-8(18)1-2-15/h3-4,17H,1H2,(H,16,18). The van der Waals surface area contributed by atoms with Crippen LogP contribution in [0.15, 0.2) is 12.1 Å². The third-order valence-corrected chi connectivity index (χ3v) is 2.20. The lowest BCUT2D eigenvalue weighted by Crippen LogP contribution is -2.12. The van der Waals surface area contributed by atoms with E-state index in [1.165, 1.54) is 0 Å². The number of phenolic OH excluding ortho intramolecular Hbond substituents is 1. The molecule has 1 aromatic carbocycles. The molecule has 0 radical (unpaired) electrons. The Morgan fingerprint density at radius 2 is 2.11 bits per heavy atom. The van der Waals surface area contributed by atoms with Crippen molar-refractivity contribution in [2.75, 3.05) is 5.32 Å². The molecule has 0 bridgehead atoms. The van der Waals surface area contributed by atoms with Crippen LogP contribution < -0.4 is 5.32 Å². The maximum atomic E-state index is 12.4. The molecule has 0 aliphatic rings. The highest BCUT2D eigenvalue weighted by atomic mass is 35.5. The Kier molecular flexibility index (Phi) is 4.03. The van der Waals surface area contributed by atoms with Crippen LogP contribution in [0.1, 0.15) is 12.0 Å². The first-order chi connectivity index (χ1) is 8.25. The van der Waals surface area contributed by atoms with Crippen LogP contribution in [0.25, 0.3) is 0 Å². The number of alkyl halides is 3. The van der Waals surface area contributed by atoms with E-state index in [9.17, 15) is 23.1 Å². The summed E-state index contributed by atoms with van der Waals surface area (Å²) in [4.78, 5) is 11.1. The number of hydrogen-bond acceptors (Lipinski definition) is 3. The topological polar surface area (TPSA) is 73.1 Å². The summed E-state index contributed by atoms with van der Waals surface area (Å²) in [5, 5.41) is 19.2. The molecule has 0 saturated heterocycles. The lowest BCUT2D eigenvalue weighted by Gasteiger charge is -2.12. The number of carbonyl (C=O) groups excluding carboxylic acids is 1. The van der Waals surface area contributed by atoms with E-state index in [0.717, 1.165) is 0 Å². The largest absolute Gasteiger partial charge is 0.506 e. The predicted molar refractivity (Wildman–Crippen MR) is 57.0 cm³/mol. The summed E-state index contributed by atoms with van der Waals surface area (Å²) < 4.78 is 37.1. The third kappa shape index (κ3) is 3.28. The first-order valence-electron chi connectivity index (χ1n) is 4.52. The van der Waals surface area contributed by atoms with Crippen LogP contribution in [-0.2, 0) is 11.0 Å². The number of hydrogen-bond donors (Lipinski definition) is 2. The van der Waals surface area contributed by atoms with Gasteiger partial charge >= 0.3 is 6.18 Å². The molecule has 8 heteroatoms. The van der Waals surface area contributed by atoms with E-state index < -0.39 is 34.8 Å². The molecule has 0 heterocycles. The van der Waals surface area contributed by atoms with Crippen LogP contribution in [0.5, 0.6) is 5.75 Å². The van der Waals surface area contributed by atoms with Crippen molar-refractivity contribution in [3.05, 3.63) is 22.7 Å². The van der Waals surface area contributed by atoms with Gasteiger partial charge in [-0.1, -0.05) is 11.6 Å². The molecule has 0 atom stereocenters. The van der Waals surface area contributed by atoms with Gasteiger partial charge in [-0.15, -0.1) is 0 Å². The van der Waals surface area contributed by atoms with Crippen molar-refractivity contribution in [2.45, 2.75) is 12.6 Å². The fraction of sp³-hybridized carbons (Fsp3) is 0.200. The maximum Gasteiger partial charge on any atom is 0.416 e. The molecule has 0 spiro atoms. The van der Waals surface area contributed by atoms with Gasteiger partial charge in [-0.2, -0.15) is 18.4 Å². The van der Waals surface area contributed by atoms with Crippen LogP contribution in [0.3, 0.4) is 0 Å². The fourth-order valence-electron chi connectivity index (χ4n) is 1.13. The lowest BCUT2D eigenvalue weighted by molar-refractivity contribution is -0.137.